The van der Waals surface area contributed by atoms with Gasteiger partial charge in [-0.05, 0) is 37.5 Å². The van der Waals surface area contributed by atoms with E-state index in [9.17, 15) is 0 Å². The summed E-state index contributed by atoms with van der Waals surface area (Å²) in [5, 5.41) is 0.731. The molecule has 0 spiro atoms. The van der Waals surface area contributed by atoms with Gasteiger partial charge in [-0.25, -0.2) is 4.98 Å². The number of hydrogen-bond donors (Lipinski definition) is 1. The minimum absolute atomic E-state index is 0.0155. The van der Waals surface area contributed by atoms with Gasteiger partial charge in [0.15, 0.2) is 0 Å². The molecule has 1 aliphatic carbocycles. The lowest BCUT2D eigenvalue weighted by atomic mass is 10.2. The van der Waals surface area contributed by atoms with Crippen LogP contribution < -0.4 is 5.73 Å². The highest BCUT2D eigenvalue weighted by atomic mass is 35.5. The molecule has 0 amide bonds. The first-order valence-corrected chi connectivity index (χ1v) is 6.51. The molecular weight excluding hydrogens is 234 g/mol. The van der Waals surface area contributed by atoms with E-state index in [0.29, 0.717) is 6.04 Å². The SMILES string of the molecule is CCC(N)c1nc2cc(Cl)ccc2n1C1CC1. The number of fused-ring (bicyclic) bond motifs is 1. The first kappa shape index (κ1) is 11.1. The van der Waals surface area contributed by atoms with Gasteiger partial charge in [0.05, 0.1) is 17.1 Å². The maximum Gasteiger partial charge on any atom is 0.127 e. The fourth-order valence-electron chi connectivity index (χ4n) is 2.25. The molecule has 4 heteroatoms. The van der Waals surface area contributed by atoms with Crippen molar-refractivity contribution < 1.29 is 0 Å². The molecule has 2 N–H and O–H groups in total. The van der Waals surface area contributed by atoms with E-state index >= 15 is 0 Å². The van der Waals surface area contributed by atoms with Gasteiger partial charge in [-0.3, -0.25) is 0 Å². The number of imidazole rings is 1. The molecule has 1 unspecified atom stereocenters. The minimum Gasteiger partial charge on any atom is -0.324 e. The van der Waals surface area contributed by atoms with Gasteiger partial charge < -0.3 is 10.3 Å². The van der Waals surface area contributed by atoms with E-state index in [4.69, 9.17) is 17.3 Å². The first-order chi connectivity index (χ1) is 8.20. The number of aromatic nitrogens is 2. The predicted octanol–water partition coefficient (Wildman–Crippen LogP) is 3.43. The van der Waals surface area contributed by atoms with Gasteiger partial charge in [-0.1, -0.05) is 18.5 Å². The summed E-state index contributed by atoms with van der Waals surface area (Å²) in [6, 6.07) is 6.50. The zero-order chi connectivity index (χ0) is 12.0. The Bertz CT molecular complexity index is 557. The molecule has 0 aliphatic heterocycles. The highest BCUT2D eigenvalue weighted by molar-refractivity contribution is 6.31. The summed E-state index contributed by atoms with van der Waals surface area (Å²) in [4.78, 5) is 4.66. The summed E-state index contributed by atoms with van der Waals surface area (Å²) in [5.74, 6) is 1.01. The van der Waals surface area contributed by atoms with Crippen LogP contribution in [-0.4, -0.2) is 9.55 Å². The second-order valence-electron chi connectivity index (χ2n) is 4.72. The quantitative estimate of drug-likeness (QED) is 0.906. The van der Waals surface area contributed by atoms with Crippen molar-refractivity contribution in [3.63, 3.8) is 0 Å². The molecule has 3 rings (SSSR count). The molecule has 17 heavy (non-hydrogen) atoms. The van der Waals surface area contributed by atoms with Crippen LogP contribution in [0.1, 0.15) is 44.1 Å². The second kappa shape index (κ2) is 4.00. The van der Waals surface area contributed by atoms with Crippen LogP contribution >= 0.6 is 11.6 Å². The molecule has 1 heterocycles. The Morgan fingerprint density at radius 1 is 1.53 bits per heavy atom. The van der Waals surface area contributed by atoms with Crippen LogP contribution in [0.5, 0.6) is 0 Å². The summed E-state index contributed by atoms with van der Waals surface area (Å²) in [7, 11) is 0. The van der Waals surface area contributed by atoms with E-state index in [1.54, 1.807) is 0 Å². The third kappa shape index (κ3) is 1.83. The lowest BCUT2D eigenvalue weighted by molar-refractivity contribution is 0.590. The number of halogens is 1. The summed E-state index contributed by atoms with van der Waals surface area (Å²) in [6.45, 7) is 2.09. The van der Waals surface area contributed by atoms with Gasteiger partial charge in [0.2, 0.25) is 0 Å². The largest absolute Gasteiger partial charge is 0.324 e. The molecule has 1 saturated carbocycles. The maximum atomic E-state index is 6.15. The smallest absolute Gasteiger partial charge is 0.127 e. The molecule has 0 bridgehead atoms. The van der Waals surface area contributed by atoms with Crippen molar-refractivity contribution in [2.24, 2.45) is 5.73 Å². The van der Waals surface area contributed by atoms with Crippen molar-refractivity contribution in [1.82, 2.24) is 9.55 Å². The van der Waals surface area contributed by atoms with E-state index in [2.05, 4.69) is 22.5 Å². The van der Waals surface area contributed by atoms with E-state index in [0.717, 1.165) is 28.3 Å². The van der Waals surface area contributed by atoms with Crippen molar-refractivity contribution in [3.05, 3.63) is 29.0 Å². The molecule has 2 aromatic rings. The van der Waals surface area contributed by atoms with Crippen molar-refractivity contribution in [2.75, 3.05) is 0 Å². The van der Waals surface area contributed by atoms with Gasteiger partial charge in [-0.15, -0.1) is 0 Å². The van der Waals surface area contributed by atoms with E-state index < -0.39 is 0 Å². The molecule has 1 fully saturated rings. The first-order valence-electron chi connectivity index (χ1n) is 6.13. The number of benzene rings is 1. The topological polar surface area (TPSA) is 43.8 Å². The highest BCUT2D eigenvalue weighted by Crippen LogP contribution is 2.40. The van der Waals surface area contributed by atoms with Crippen LogP contribution in [-0.2, 0) is 0 Å². The molecule has 3 nitrogen and oxygen atoms in total. The van der Waals surface area contributed by atoms with Crippen LogP contribution in [0.25, 0.3) is 11.0 Å². The fraction of sp³-hybridized carbons (Fsp3) is 0.462. The minimum atomic E-state index is 0.0155. The average molecular weight is 250 g/mol. The Hall–Kier alpha value is -1.06. The molecule has 0 saturated heterocycles. The molecule has 1 atom stereocenters. The Labute approximate surface area is 106 Å². The summed E-state index contributed by atoms with van der Waals surface area (Å²) < 4.78 is 2.31. The predicted molar refractivity (Wildman–Crippen MR) is 70.2 cm³/mol. The zero-order valence-electron chi connectivity index (χ0n) is 9.86. The van der Waals surface area contributed by atoms with Crippen LogP contribution in [0.2, 0.25) is 5.02 Å². The number of nitrogens with two attached hydrogens (primary N) is 1. The van der Waals surface area contributed by atoms with Gasteiger partial charge in [-0.2, -0.15) is 0 Å². The Balaban J connectivity index is 2.22. The van der Waals surface area contributed by atoms with Crippen LogP contribution in [0.4, 0.5) is 0 Å². The van der Waals surface area contributed by atoms with Gasteiger partial charge in [0.1, 0.15) is 5.82 Å². The van der Waals surface area contributed by atoms with Gasteiger partial charge in [0, 0.05) is 11.1 Å². The Kier molecular flexibility index (Phi) is 2.60. The normalized spacial score (nSPS) is 17.6. The van der Waals surface area contributed by atoms with Gasteiger partial charge in [0.25, 0.3) is 0 Å². The summed E-state index contributed by atoms with van der Waals surface area (Å²) in [5.41, 5.74) is 8.27. The molecule has 1 aliphatic rings. The number of hydrogen-bond acceptors (Lipinski definition) is 2. The molecule has 1 aromatic heterocycles. The van der Waals surface area contributed by atoms with Crippen molar-refractivity contribution in [2.45, 2.75) is 38.3 Å². The van der Waals surface area contributed by atoms with Gasteiger partial charge >= 0.3 is 0 Å². The third-order valence-electron chi connectivity index (χ3n) is 3.36. The molecule has 90 valence electrons. The van der Waals surface area contributed by atoms with Crippen molar-refractivity contribution in [3.8, 4) is 0 Å². The number of rotatable bonds is 3. The molecule has 0 radical (unpaired) electrons. The molecule has 1 aromatic carbocycles. The average Bonchev–Trinajstić information content (AvgIpc) is 3.09. The maximum absolute atomic E-state index is 6.15. The summed E-state index contributed by atoms with van der Waals surface area (Å²) >= 11 is 6.01. The zero-order valence-corrected chi connectivity index (χ0v) is 10.6. The highest BCUT2D eigenvalue weighted by Gasteiger charge is 2.29. The Morgan fingerprint density at radius 2 is 2.29 bits per heavy atom. The van der Waals surface area contributed by atoms with E-state index in [1.807, 2.05) is 12.1 Å². The van der Waals surface area contributed by atoms with Crippen LogP contribution in [0.15, 0.2) is 18.2 Å². The standard InChI is InChI=1S/C13H16ClN3/c1-2-10(15)13-16-11-7-8(14)3-6-12(11)17(13)9-4-5-9/h3,6-7,9-10H,2,4-5,15H2,1H3. The van der Waals surface area contributed by atoms with Crippen LogP contribution in [0, 0.1) is 0 Å². The van der Waals surface area contributed by atoms with Crippen LogP contribution in [0.3, 0.4) is 0 Å². The lowest BCUT2D eigenvalue weighted by Crippen LogP contribution is -2.15. The second-order valence-corrected chi connectivity index (χ2v) is 5.16. The van der Waals surface area contributed by atoms with Crippen molar-refractivity contribution in [1.29, 1.82) is 0 Å². The van der Waals surface area contributed by atoms with E-state index in [-0.39, 0.29) is 6.04 Å². The Morgan fingerprint density at radius 3 is 2.94 bits per heavy atom. The monoisotopic (exact) mass is 249 g/mol. The van der Waals surface area contributed by atoms with E-state index in [1.165, 1.54) is 12.8 Å². The van der Waals surface area contributed by atoms with Crippen molar-refractivity contribution >= 4 is 22.6 Å². The molecular formula is C13H16ClN3. The fourth-order valence-corrected chi connectivity index (χ4v) is 2.42. The summed E-state index contributed by atoms with van der Waals surface area (Å²) in [6.07, 6.45) is 3.37. The third-order valence-corrected chi connectivity index (χ3v) is 3.60. The number of nitrogens with zero attached hydrogens (tertiary/aromatic N) is 2. The lowest BCUT2D eigenvalue weighted by Gasteiger charge is -2.12.